The third-order valence-corrected chi connectivity index (χ3v) is 4.58. The molecule has 7 heteroatoms. The van der Waals surface area contributed by atoms with E-state index in [0.29, 0.717) is 5.69 Å². The highest BCUT2D eigenvalue weighted by atomic mass is 35.7. The molecule has 0 bridgehead atoms. The van der Waals surface area contributed by atoms with Crippen molar-refractivity contribution in [2.24, 2.45) is 0 Å². The van der Waals surface area contributed by atoms with Crippen LogP contribution < -0.4 is 0 Å². The van der Waals surface area contributed by atoms with Crippen LogP contribution in [0.3, 0.4) is 0 Å². The van der Waals surface area contributed by atoms with E-state index in [-0.39, 0.29) is 23.6 Å². The number of aromatic nitrogens is 2. The first kappa shape index (κ1) is 16.5. The fraction of sp³-hybridized carbons (Fsp3) is 0.750. The molecule has 2 unspecified atom stereocenters. The van der Waals surface area contributed by atoms with Gasteiger partial charge in [-0.05, 0) is 26.7 Å². The first-order chi connectivity index (χ1) is 8.81. The fourth-order valence-electron chi connectivity index (χ4n) is 1.60. The number of nitrogens with zero attached hydrogens (tertiary/aromatic N) is 2. The summed E-state index contributed by atoms with van der Waals surface area (Å²) in [5.41, 5.74) is 0.518. The fourth-order valence-corrected chi connectivity index (χ4v) is 2.60. The topological polar surface area (TPSA) is 61.2 Å². The predicted octanol–water partition coefficient (Wildman–Crippen LogP) is 3.10. The van der Waals surface area contributed by atoms with Crippen LogP contribution in [0.15, 0.2) is 11.1 Å². The van der Waals surface area contributed by atoms with E-state index in [2.05, 4.69) is 5.10 Å². The highest BCUT2D eigenvalue weighted by Gasteiger charge is 2.23. The van der Waals surface area contributed by atoms with E-state index >= 15 is 0 Å². The second kappa shape index (κ2) is 6.72. The molecule has 5 nitrogen and oxygen atoms in total. The van der Waals surface area contributed by atoms with E-state index in [1.807, 2.05) is 27.7 Å². The van der Waals surface area contributed by atoms with Gasteiger partial charge in [-0.2, -0.15) is 5.10 Å². The minimum atomic E-state index is -3.80. The van der Waals surface area contributed by atoms with Gasteiger partial charge in [0.1, 0.15) is 4.90 Å². The minimum absolute atomic E-state index is 0.0396. The van der Waals surface area contributed by atoms with Gasteiger partial charge in [0, 0.05) is 16.7 Å². The van der Waals surface area contributed by atoms with Gasteiger partial charge < -0.3 is 4.74 Å². The molecule has 0 radical (unpaired) electrons. The SMILES string of the molecule is CCC(C)OCc1c(S(=O)(=O)Cl)cnn1C(C)CC. The normalized spacial score (nSPS) is 15.4. The van der Waals surface area contributed by atoms with E-state index in [0.717, 1.165) is 12.8 Å². The number of hydrogen-bond acceptors (Lipinski definition) is 4. The zero-order valence-electron chi connectivity index (χ0n) is 11.8. The first-order valence-corrected chi connectivity index (χ1v) is 8.74. The molecule has 0 N–H and O–H groups in total. The highest BCUT2D eigenvalue weighted by Crippen LogP contribution is 2.24. The van der Waals surface area contributed by atoms with Gasteiger partial charge in [0.05, 0.1) is 24.6 Å². The molecule has 1 rings (SSSR count). The summed E-state index contributed by atoms with van der Waals surface area (Å²) in [6.45, 7) is 8.14. The van der Waals surface area contributed by atoms with Crippen LogP contribution in [0.25, 0.3) is 0 Å². The highest BCUT2D eigenvalue weighted by molar-refractivity contribution is 8.13. The number of rotatable bonds is 7. The average molecular weight is 309 g/mol. The maximum atomic E-state index is 11.5. The van der Waals surface area contributed by atoms with Crippen molar-refractivity contribution < 1.29 is 13.2 Å². The lowest BCUT2D eigenvalue weighted by Crippen LogP contribution is -2.15. The smallest absolute Gasteiger partial charge is 0.264 e. The molecular weight excluding hydrogens is 288 g/mol. The molecule has 1 aromatic rings. The Morgan fingerprint density at radius 3 is 2.47 bits per heavy atom. The summed E-state index contributed by atoms with van der Waals surface area (Å²) in [5.74, 6) is 0. The molecule has 0 aliphatic rings. The zero-order valence-corrected chi connectivity index (χ0v) is 13.3. The Balaban J connectivity index is 3.11. The Kier molecular flexibility index (Phi) is 5.82. The molecule has 110 valence electrons. The van der Waals surface area contributed by atoms with Gasteiger partial charge in [0.2, 0.25) is 0 Å². The maximum absolute atomic E-state index is 11.5. The van der Waals surface area contributed by atoms with E-state index in [9.17, 15) is 8.42 Å². The van der Waals surface area contributed by atoms with Crippen molar-refractivity contribution >= 4 is 19.7 Å². The van der Waals surface area contributed by atoms with Gasteiger partial charge in [-0.25, -0.2) is 8.42 Å². The van der Waals surface area contributed by atoms with Crippen molar-refractivity contribution in [3.8, 4) is 0 Å². The Morgan fingerprint density at radius 2 is 2.00 bits per heavy atom. The third kappa shape index (κ3) is 4.19. The predicted molar refractivity (Wildman–Crippen MR) is 74.8 cm³/mol. The second-order valence-electron chi connectivity index (χ2n) is 4.63. The summed E-state index contributed by atoms with van der Waals surface area (Å²) < 4.78 is 30.4. The number of ether oxygens (including phenoxy) is 1. The molecule has 0 aromatic carbocycles. The maximum Gasteiger partial charge on any atom is 0.264 e. The van der Waals surface area contributed by atoms with Crippen molar-refractivity contribution in [1.82, 2.24) is 9.78 Å². The molecule has 0 aliphatic heterocycles. The Morgan fingerprint density at radius 1 is 1.37 bits per heavy atom. The van der Waals surface area contributed by atoms with Crippen molar-refractivity contribution in [3.05, 3.63) is 11.9 Å². The first-order valence-electron chi connectivity index (χ1n) is 6.43. The number of halogens is 1. The van der Waals surface area contributed by atoms with Gasteiger partial charge in [-0.3, -0.25) is 4.68 Å². The van der Waals surface area contributed by atoms with Gasteiger partial charge in [0.25, 0.3) is 9.05 Å². The average Bonchev–Trinajstić information content (AvgIpc) is 2.78. The van der Waals surface area contributed by atoms with E-state index in [1.54, 1.807) is 4.68 Å². The standard InChI is InChI=1S/C12H21ClN2O3S/c1-5-9(3)15-11(8-18-10(4)6-2)12(7-14-15)19(13,16)17/h7,9-10H,5-6,8H2,1-4H3. The molecule has 0 spiro atoms. The molecule has 1 aromatic heterocycles. The lowest BCUT2D eigenvalue weighted by Gasteiger charge is -2.16. The van der Waals surface area contributed by atoms with Crippen LogP contribution in [0.5, 0.6) is 0 Å². The van der Waals surface area contributed by atoms with Crippen LogP contribution in [0.1, 0.15) is 52.3 Å². The van der Waals surface area contributed by atoms with Crippen LogP contribution in [0.4, 0.5) is 0 Å². The van der Waals surface area contributed by atoms with Gasteiger partial charge in [-0.1, -0.05) is 13.8 Å². The van der Waals surface area contributed by atoms with Crippen molar-refractivity contribution in [2.45, 2.75) is 64.2 Å². The lowest BCUT2D eigenvalue weighted by atomic mass is 10.2. The molecule has 2 atom stereocenters. The summed E-state index contributed by atoms with van der Waals surface area (Å²) in [7, 11) is 1.64. The minimum Gasteiger partial charge on any atom is -0.372 e. The van der Waals surface area contributed by atoms with E-state index in [4.69, 9.17) is 15.4 Å². The van der Waals surface area contributed by atoms with Crippen LogP contribution in [0, 0.1) is 0 Å². The molecule has 1 heterocycles. The van der Waals surface area contributed by atoms with Crippen LogP contribution in [-0.4, -0.2) is 24.3 Å². The zero-order chi connectivity index (χ0) is 14.6. The third-order valence-electron chi connectivity index (χ3n) is 3.21. The molecule has 0 amide bonds. The number of hydrogen-bond donors (Lipinski definition) is 0. The summed E-state index contributed by atoms with van der Waals surface area (Å²) in [4.78, 5) is 0.0396. The summed E-state index contributed by atoms with van der Waals surface area (Å²) in [6, 6.07) is 0.0997. The Labute approximate surface area is 119 Å². The van der Waals surface area contributed by atoms with Crippen LogP contribution >= 0.6 is 10.7 Å². The van der Waals surface area contributed by atoms with Crippen LogP contribution in [-0.2, 0) is 20.4 Å². The monoisotopic (exact) mass is 308 g/mol. The summed E-state index contributed by atoms with van der Waals surface area (Å²) >= 11 is 0. The van der Waals surface area contributed by atoms with Crippen LogP contribution in [0.2, 0.25) is 0 Å². The molecule has 0 fully saturated rings. The van der Waals surface area contributed by atoms with E-state index in [1.165, 1.54) is 6.20 Å². The molecule has 0 aliphatic carbocycles. The molecule has 0 saturated carbocycles. The van der Waals surface area contributed by atoms with Gasteiger partial charge >= 0.3 is 0 Å². The van der Waals surface area contributed by atoms with Crippen molar-refractivity contribution in [3.63, 3.8) is 0 Å². The molecule has 0 saturated heterocycles. The van der Waals surface area contributed by atoms with Gasteiger partial charge in [0.15, 0.2) is 0 Å². The summed E-state index contributed by atoms with van der Waals surface area (Å²) in [6.07, 6.45) is 3.07. The lowest BCUT2D eigenvalue weighted by molar-refractivity contribution is 0.0446. The van der Waals surface area contributed by atoms with Crippen molar-refractivity contribution in [2.75, 3.05) is 0 Å². The van der Waals surface area contributed by atoms with Gasteiger partial charge in [-0.15, -0.1) is 0 Å². The Bertz CT molecular complexity index is 513. The van der Waals surface area contributed by atoms with E-state index < -0.39 is 9.05 Å². The summed E-state index contributed by atoms with van der Waals surface area (Å²) in [5, 5.41) is 4.13. The molecular formula is C12H21ClN2O3S. The Hall–Kier alpha value is -0.590. The van der Waals surface area contributed by atoms with Crippen molar-refractivity contribution in [1.29, 1.82) is 0 Å². The molecule has 19 heavy (non-hydrogen) atoms. The quantitative estimate of drug-likeness (QED) is 0.726. The second-order valence-corrected chi connectivity index (χ2v) is 7.16. The largest absolute Gasteiger partial charge is 0.372 e.